The van der Waals surface area contributed by atoms with Crippen LogP contribution in [0.3, 0.4) is 0 Å². The number of aromatic nitrogens is 2. The zero-order chi connectivity index (χ0) is 13.0. The molecule has 0 spiro atoms. The molecule has 1 aromatic rings. The lowest BCUT2D eigenvalue weighted by molar-refractivity contribution is -0.122. The standard InChI is InChI=1S/C12H16N4O2/c1-6-5-14-15(2)10(6)12(18)16-8-3-7(8)4-9(16)11(13)17/h5,7-9H,3-4H2,1-2H3,(H2,13,17). The van der Waals surface area contributed by atoms with Crippen LogP contribution >= 0.6 is 0 Å². The summed E-state index contributed by atoms with van der Waals surface area (Å²) < 4.78 is 1.56. The van der Waals surface area contributed by atoms with Gasteiger partial charge in [0.25, 0.3) is 5.91 Å². The summed E-state index contributed by atoms with van der Waals surface area (Å²) in [4.78, 5) is 25.7. The van der Waals surface area contributed by atoms with Crippen molar-refractivity contribution >= 4 is 11.8 Å². The lowest BCUT2D eigenvalue weighted by Crippen LogP contribution is -2.46. The Morgan fingerprint density at radius 1 is 1.44 bits per heavy atom. The smallest absolute Gasteiger partial charge is 0.273 e. The second-order valence-electron chi connectivity index (χ2n) is 5.23. The van der Waals surface area contributed by atoms with Crippen LogP contribution in [-0.4, -0.2) is 38.6 Å². The molecule has 3 rings (SSSR count). The number of likely N-dealkylation sites (tertiary alicyclic amines) is 1. The Hall–Kier alpha value is -1.85. The molecule has 0 bridgehead atoms. The summed E-state index contributed by atoms with van der Waals surface area (Å²) in [7, 11) is 1.74. The highest BCUT2D eigenvalue weighted by Gasteiger charge is 2.56. The van der Waals surface area contributed by atoms with E-state index in [9.17, 15) is 9.59 Å². The van der Waals surface area contributed by atoms with Gasteiger partial charge in [-0.05, 0) is 31.2 Å². The summed E-state index contributed by atoms with van der Waals surface area (Å²) in [6.07, 6.45) is 3.36. The first-order valence-corrected chi connectivity index (χ1v) is 6.11. The van der Waals surface area contributed by atoms with Gasteiger partial charge in [-0.25, -0.2) is 0 Å². The largest absolute Gasteiger partial charge is 0.368 e. The summed E-state index contributed by atoms with van der Waals surface area (Å²) in [6.45, 7) is 1.85. The quantitative estimate of drug-likeness (QED) is 0.788. The maximum Gasteiger partial charge on any atom is 0.273 e. The van der Waals surface area contributed by atoms with Crippen LogP contribution in [0.15, 0.2) is 6.20 Å². The second-order valence-corrected chi connectivity index (χ2v) is 5.23. The molecule has 0 aromatic carbocycles. The van der Waals surface area contributed by atoms with Crippen molar-refractivity contribution in [3.05, 3.63) is 17.5 Å². The molecule has 2 N–H and O–H groups in total. The summed E-state index contributed by atoms with van der Waals surface area (Å²) in [6, 6.07) is -0.250. The summed E-state index contributed by atoms with van der Waals surface area (Å²) in [5.74, 6) is -0.0725. The van der Waals surface area contributed by atoms with Gasteiger partial charge in [0.05, 0.1) is 6.20 Å². The molecule has 1 aliphatic heterocycles. The number of hydrogen-bond donors (Lipinski definition) is 1. The van der Waals surface area contributed by atoms with E-state index in [4.69, 9.17) is 5.73 Å². The molecule has 3 unspecified atom stereocenters. The number of hydrogen-bond acceptors (Lipinski definition) is 3. The maximum absolute atomic E-state index is 12.6. The minimum absolute atomic E-state index is 0.124. The van der Waals surface area contributed by atoms with Gasteiger partial charge in [0, 0.05) is 13.1 Å². The van der Waals surface area contributed by atoms with E-state index in [1.54, 1.807) is 22.8 Å². The fraction of sp³-hybridized carbons (Fsp3) is 0.583. The van der Waals surface area contributed by atoms with Crippen molar-refractivity contribution in [3.63, 3.8) is 0 Å². The van der Waals surface area contributed by atoms with E-state index in [1.165, 1.54) is 0 Å². The summed E-state index contributed by atoms with van der Waals surface area (Å²) >= 11 is 0. The zero-order valence-electron chi connectivity index (χ0n) is 10.5. The fourth-order valence-corrected chi connectivity index (χ4v) is 2.98. The molecule has 18 heavy (non-hydrogen) atoms. The first kappa shape index (κ1) is 11.3. The topological polar surface area (TPSA) is 81.2 Å². The average molecular weight is 248 g/mol. The number of primary amides is 1. The molecular weight excluding hydrogens is 232 g/mol. The van der Waals surface area contributed by atoms with Gasteiger partial charge in [0.1, 0.15) is 11.7 Å². The molecule has 2 amide bonds. The van der Waals surface area contributed by atoms with E-state index in [2.05, 4.69) is 5.10 Å². The second kappa shape index (κ2) is 3.57. The minimum Gasteiger partial charge on any atom is -0.368 e. The molecule has 0 radical (unpaired) electrons. The molecular formula is C12H16N4O2. The number of fused-ring (bicyclic) bond motifs is 1. The third-order valence-electron chi connectivity index (χ3n) is 3.99. The van der Waals surface area contributed by atoms with Crippen LogP contribution in [-0.2, 0) is 11.8 Å². The van der Waals surface area contributed by atoms with Crippen molar-refractivity contribution in [2.45, 2.75) is 31.8 Å². The van der Waals surface area contributed by atoms with Crippen molar-refractivity contribution in [2.24, 2.45) is 18.7 Å². The van der Waals surface area contributed by atoms with Crippen LogP contribution in [0, 0.1) is 12.8 Å². The SMILES string of the molecule is Cc1cnn(C)c1C(=O)N1C(C(N)=O)CC2CC21. The molecule has 1 saturated heterocycles. The number of amides is 2. The van der Waals surface area contributed by atoms with Crippen molar-refractivity contribution in [2.75, 3.05) is 0 Å². The Balaban J connectivity index is 1.94. The highest BCUT2D eigenvalue weighted by Crippen LogP contribution is 2.48. The van der Waals surface area contributed by atoms with Gasteiger partial charge in [0.15, 0.2) is 0 Å². The molecule has 2 aliphatic rings. The van der Waals surface area contributed by atoms with Crippen molar-refractivity contribution in [1.82, 2.24) is 14.7 Å². The first-order chi connectivity index (χ1) is 8.50. The van der Waals surface area contributed by atoms with E-state index < -0.39 is 11.9 Å². The van der Waals surface area contributed by atoms with Gasteiger partial charge in [-0.15, -0.1) is 0 Å². The molecule has 6 nitrogen and oxygen atoms in total. The van der Waals surface area contributed by atoms with Crippen LogP contribution in [0.5, 0.6) is 0 Å². The van der Waals surface area contributed by atoms with Gasteiger partial charge in [-0.2, -0.15) is 5.10 Å². The number of carbonyl (C=O) groups is 2. The monoisotopic (exact) mass is 248 g/mol. The first-order valence-electron chi connectivity index (χ1n) is 6.11. The number of nitrogens with zero attached hydrogens (tertiary/aromatic N) is 3. The Morgan fingerprint density at radius 3 is 2.72 bits per heavy atom. The highest BCUT2D eigenvalue weighted by molar-refractivity contribution is 5.98. The van der Waals surface area contributed by atoms with Crippen LogP contribution in [0.2, 0.25) is 0 Å². The Morgan fingerprint density at radius 2 is 2.17 bits per heavy atom. The van der Waals surface area contributed by atoms with Crippen molar-refractivity contribution in [3.8, 4) is 0 Å². The number of rotatable bonds is 2. The van der Waals surface area contributed by atoms with E-state index in [1.807, 2.05) is 6.92 Å². The Bertz CT molecular complexity index is 517. The van der Waals surface area contributed by atoms with E-state index in [0.717, 1.165) is 12.0 Å². The number of piperidine rings is 1. The van der Waals surface area contributed by atoms with Gasteiger partial charge in [-0.3, -0.25) is 14.3 Å². The molecule has 96 valence electrons. The Labute approximate surface area is 105 Å². The van der Waals surface area contributed by atoms with Crippen LogP contribution in [0.1, 0.15) is 28.9 Å². The third-order valence-corrected chi connectivity index (χ3v) is 3.99. The van der Waals surface area contributed by atoms with Crippen LogP contribution in [0.4, 0.5) is 0 Å². The number of aryl methyl sites for hydroxylation is 2. The zero-order valence-corrected chi connectivity index (χ0v) is 10.5. The molecule has 1 saturated carbocycles. The van der Waals surface area contributed by atoms with Gasteiger partial charge < -0.3 is 10.6 Å². The molecule has 1 aliphatic carbocycles. The highest BCUT2D eigenvalue weighted by atomic mass is 16.2. The van der Waals surface area contributed by atoms with Gasteiger partial charge >= 0.3 is 0 Å². The van der Waals surface area contributed by atoms with E-state index >= 15 is 0 Å². The molecule has 3 atom stereocenters. The van der Waals surface area contributed by atoms with Crippen molar-refractivity contribution < 1.29 is 9.59 Å². The molecule has 2 heterocycles. The predicted octanol–water partition coefficient (Wildman–Crippen LogP) is -0.183. The lowest BCUT2D eigenvalue weighted by Gasteiger charge is -2.25. The predicted molar refractivity (Wildman–Crippen MR) is 63.6 cm³/mol. The number of nitrogens with two attached hydrogens (primary N) is 1. The van der Waals surface area contributed by atoms with Gasteiger partial charge in [0.2, 0.25) is 5.91 Å². The molecule has 1 aromatic heterocycles. The van der Waals surface area contributed by atoms with Crippen LogP contribution in [0.25, 0.3) is 0 Å². The normalized spacial score (nSPS) is 29.2. The molecule has 6 heteroatoms. The maximum atomic E-state index is 12.6. The van der Waals surface area contributed by atoms with Gasteiger partial charge in [-0.1, -0.05) is 0 Å². The fourth-order valence-electron chi connectivity index (χ4n) is 2.98. The van der Waals surface area contributed by atoms with Crippen molar-refractivity contribution in [1.29, 1.82) is 0 Å². The summed E-state index contributed by atoms with van der Waals surface area (Å²) in [5, 5.41) is 4.07. The third kappa shape index (κ3) is 1.45. The Kier molecular flexibility index (Phi) is 2.23. The lowest BCUT2D eigenvalue weighted by atomic mass is 10.1. The number of carbonyl (C=O) groups excluding carboxylic acids is 2. The van der Waals surface area contributed by atoms with Crippen LogP contribution < -0.4 is 5.73 Å². The summed E-state index contributed by atoms with van der Waals surface area (Å²) in [5.41, 5.74) is 6.76. The average Bonchev–Trinajstić information content (AvgIpc) is 2.84. The van der Waals surface area contributed by atoms with E-state index in [0.29, 0.717) is 18.0 Å². The molecule has 2 fully saturated rings. The minimum atomic E-state index is -0.449. The van der Waals surface area contributed by atoms with E-state index in [-0.39, 0.29) is 11.9 Å².